The smallest absolute Gasteiger partial charge is 0.264 e. The van der Waals surface area contributed by atoms with Crippen LogP contribution in [0.25, 0.3) is 21.7 Å². The van der Waals surface area contributed by atoms with E-state index in [4.69, 9.17) is 0 Å². The highest BCUT2D eigenvalue weighted by Crippen LogP contribution is 2.35. The van der Waals surface area contributed by atoms with E-state index in [0.29, 0.717) is 16.3 Å². The summed E-state index contributed by atoms with van der Waals surface area (Å²) < 4.78 is 38.9. The summed E-state index contributed by atoms with van der Waals surface area (Å²) in [5.74, 6) is 0. The Kier molecular flexibility index (Phi) is 2.23. The Labute approximate surface area is 100 Å². The number of hydrogen-bond acceptors (Lipinski definition) is 2. The van der Waals surface area contributed by atoms with Gasteiger partial charge in [0, 0.05) is 28.6 Å². The molecule has 1 aromatic carbocycles. The third-order valence-electron chi connectivity index (χ3n) is 2.77. The summed E-state index contributed by atoms with van der Waals surface area (Å²) in [5, 5.41) is 1.22. The minimum Gasteiger partial charge on any atom is -0.264 e. The van der Waals surface area contributed by atoms with Gasteiger partial charge < -0.3 is 0 Å². The molecule has 0 unspecified atom stereocenters. The van der Waals surface area contributed by atoms with E-state index in [-0.39, 0.29) is 5.39 Å². The predicted molar refractivity (Wildman–Crippen MR) is 62.0 cm³/mol. The molecule has 0 atom stereocenters. The first-order chi connectivity index (χ1) is 8.57. The number of nitrogens with zero attached hydrogens (tertiary/aromatic N) is 2. The van der Waals surface area contributed by atoms with Crippen LogP contribution in [0.15, 0.2) is 42.7 Å². The first-order valence-electron chi connectivity index (χ1n) is 5.27. The maximum Gasteiger partial charge on any atom is 0.433 e. The Morgan fingerprint density at radius 3 is 2.44 bits per heavy atom. The molecule has 0 aliphatic heterocycles. The van der Waals surface area contributed by atoms with Crippen LogP contribution in [0.3, 0.4) is 0 Å². The van der Waals surface area contributed by atoms with Gasteiger partial charge in [0.05, 0.1) is 5.52 Å². The van der Waals surface area contributed by atoms with Crippen LogP contribution in [0, 0.1) is 0 Å². The molecule has 0 fully saturated rings. The van der Waals surface area contributed by atoms with Gasteiger partial charge in [-0.3, -0.25) is 4.98 Å². The lowest BCUT2D eigenvalue weighted by molar-refractivity contribution is -0.139. The molecule has 0 saturated heterocycles. The van der Waals surface area contributed by atoms with E-state index in [1.807, 2.05) is 0 Å². The lowest BCUT2D eigenvalue weighted by Gasteiger charge is -2.11. The third-order valence-corrected chi connectivity index (χ3v) is 2.77. The van der Waals surface area contributed by atoms with Crippen LogP contribution in [0.1, 0.15) is 5.69 Å². The Morgan fingerprint density at radius 2 is 1.67 bits per heavy atom. The molecule has 0 aliphatic rings. The van der Waals surface area contributed by atoms with Gasteiger partial charge in [0.2, 0.25) is 0 Å². The normalized spacial score (nSPS) is 12.2. The number of alkyl halides is 3. The second-order valence-corrected chi connectivity index (χ2v) is 3.90. The number of pyridine rings is 2. The van der Waals surface area contributed by atoms with Crippen molar-refractivity contribution in [1.82, 2.24) is 9.97 Å². The molecular formula is C13H7F3N2. The lowest BCUT2D eigenvalue weighted by atomic mass is 10.1. The van der Waals surface area contributed by atoms with Crippen molar-refractivity contribution in [2.75, 3.05) is 0 Å². The van der Waals surface area contributed by atoms with Crippen LogP contribution < -0.4 is 0 Å². The number of fused-ring (bicyclic) bond motifs is 3. The van der Waals surface area contributed by atoms with E-state index in [9.17, 15) is 13.2 Å². The zero-order valence-corrected chi connectivity index (χ0v) is 9.07. The molecule has 0 radical (unpaired) electrons. The van der Waals surface area contributed by atoms with Gasteiger partial charge in [0.1, 0.15) is 0 Å². The molecule has 0 bridgehead atoms. The Balaban J connectivity index is 2.55. The Bertz CT molecular complexity index is 735. The number of aromatic nitrogens is 2. The molecule has 2 nitrogen and oxygen atoms in total. The van der Waals surface area contributed by atoms with Gasteiger partial charge in [0.25, 0.3) is 0 Å². The van der Waals surface area contributed by atoms with Crippen molar-refractivity contribution >= 4 is 21.7 Å². The van der Waals surface area contributed by atoms with Crippen molar-refractivity contribution in [3.63, 3.8) is 0 Å². The Hall–Kier alpha value is -2.17. The van der Waals surface area contributed by atoms with Gasteiger partial charge in [-0.25, -0.2) is 4.98 Å². The second-order valence-electron chi connectivity index (χ2n) is 3.90. The average molecular weight is 248 g/mol. The van der Waals surface area contributed by atoms with Gasteiger partial charge in [-0.15, -0.1) is 0 Å². The van der Waals surface area contributed by atoms with Gasteiger partial charge in [0.15, 0.2) is 5.69 Å². The number of rotatable bonds is 0. The average Bonchev–Trinajstić information content (AvgIpc) is 2.37. The standard InChI is InChI=1S/C13H7F3N2/c14-13(15,16)12-9-5-6-17-7-10(9)8-3-1-2-4-11(8)18-12/h1-7H. The van der Waals surface area contributed by atoms with Gasteiger partial charge in [-0.1, -0.05) is 18.2 Å². The predicted octanol–water partition coefficient (Wildman–Crippen LogP) is 3.80. The number of hydrogen-bond donors (Lipinski definition) is 0. The van der Waals surface area contributed by atoms with E-state index in [1.165, 1.54) is 18.5 Å². The van der Waals surface area contributed by atoms with Gasteiger partial charge in [-0.05, 0) is 12.1 Å². The molecule has 0 spiro atoms. The highest BCUT2D eigenvalue weighted by Gasteiger charge is 2.35. The summed E-state index contributed by atoms with van der Waals surface area (Å²) in [6.45, 7) is 0. The SMILES string of the molecule is FC(F)(F)c1nc2ccccc2c2cnccc12. The fraction of sp³-hybridized carbons (Fsp3) is 0.0769. The van der Waals surface area contributed by atoms with Crippen LogP contribution >= 0.6 is 0 Å². The van der Waals surface area contributed by atoms with E-state index in [0.717, 1.165) is 0 Å². The van der Waals surface area contributed by atoms with Crippen LogP contribution in [-0.2, 0) is 6.18 Å². The van der Waals surface area contributed by atoms with Crippen molar-refractivity contribution < 1.29 is 13.2 Å². The molecule has 18 heavy (non-hydrogen) atoms. The first kappa shape index (κ1) is 11.0. The quantitative estimate of drug-likeness (QED) is 0.565. The minimum absolute atomic E-state index is 0.0798. The van der Waals surface area contributed by atoms with Gasteiger partial charge >= 0.3 is 6.18 Å². The summed E-state index contributed by atoms with van der Waals surface area (Å²) in [7, 11) is 0. The zero-order chi connectivity index (χ0) is 12.8. The molecule has 2 aromatic heterocycles. The maximum absolute atomic E-state index is 13.0. The topological polar surface area (TPSA) is 25.8 Å². The summed E-state index contributed by atoms with van der Waals surface area (Å²) >= 11 is 0. The van der Waals surface area contributed by atoms with Crippen molar-refractivity contribution in [3.8, 4) is 0 Å². The van der Waals surface area contributed by atoms with E-state index in [1.54, 1.807) is 24.3 Å². The van der Waals surface area contributed by atoms with Crippen LogP contribution in [0.2, 0.25) is 0 Å². The Morgan fingerprint density at radius 1 is 0.889 bits per heavy atom. The highest BCUT2D eigenvalue weighted by molar-refractivity contribution is 6.06. The highest BCUT2D eigenvalue weighted by atomic mass is 19.4. The van der Waals surface area contributed by atoms with Gasteiger partial charge in [-0.2, -0.15) is 13.2 Å². The first-order valence-corrected chi connectivity index (χ1v) is 5.27. The second kappa shape index (κ2) is 3.66. The van der Waals surface area contributed by atoms with Crippen molar-refractivity contribution in [2.24, 2.45) is 0 Å². The van der Waals surface area contributed by atoms with Crippen molar-refractivity contribution in [2.45, 2.75) is 6.18 Å². The molecule has 2 heterocycles. The third kappa shape index (κ3) is 1.59. The molecule has 0 aliphatic carbocycles. The zero-order valence-electron chi connectivity index (χ0n) is 9.07. The molecule has 3 aromatic rings. The molecule has 0 amide bonds. The summed E-state index contributed by atoms with van der Waals surface area (Å²) in [6.07, 6.45) is -1.69. The summed E-state index contributed by atoms with van der Waals surface area (Å²) in [5.41, 5.74) is -0.538. The van der Waals surface area contributed by atoms with E-state index >= 15 is 0 Å². The molecule has 3 rings (SSSR count). The summed E-state index contributed by atoms with van der Waals surface area (Å²) in [4.78, 5) is 7.61. The molecule has 0 N–H and O–H groups in total. The number of halogens is 3. The molecule has 5 heteroatoms. The van der Waals surface area contributed by atoms with E-state index in [2.05, 4.69) is 9.97 Å². The minimum atomic E-state index is -4.47. The largest absolute Gasteiger partial charge is 0.433 e. The van der Waals surface area contributed by atoms with E-state index < -0.39 is 11.9 Å². The van der Waals surface area contributed by atoms with Crippen LogP contribution in [-0.4, -0.2) is 9.97 Å². The van der Waals surface area contributed by atoms with Crippen molar-refractivity contribution in [3.05, 3.63) is 48.4 Å². The molecular weight excluding hydrogens is 241 g/mol. The summed E-state index contributed by atoms with van der Waals surface area (Å²) in [6, 6.07) is 8.09. The van der Waals surface area contributed by atoms with Crippen LogP contribution in [0.5, 0.6) is 0 Å². The fourth-order valence-electron chi connectivity index (χ4n) is 2.01. The maximum atomic E-state index is 13.0. The number of para-hydroxylation sites is 1. The molecule has 90 valence electrons. The van der Waals surface area contributed by atoms with Crippen molar-refractivity contribution in [1.29, 1.82) is 0 Å². The lowest BCUT2D eigenvalue weighted by Crippen LogP contribution is -2.09. The fourth-order valence-corrected chi connectivity index (χ4v) is 2.01. The van der Waals surface area contributed by atoms with Crippen LogP contribution in [0.4, 0.5) is 13.2 Å². The monoisotopic (exact) mass is 248 g/mol. The molecule has 0 saturated carbocycles. The number of benzene rings is 1.